The average molecular weight is 267 g/mol. The lowest BCUT2D eigenvalue weighted by atomic mass is 9.99. The van der Waals surface area contributed by atoms with Crippen molar-refractivity contribution in [1.82, 2.24) is 4.90 Å². The normalized spacial score (nSPS) is 12.0. The van der Waals surface area contributed by atoms with E-state index in [2.05, 4.69) is 0 Å². The second-order valence-electron chi connectivity index (χ2n) is 4.45. The van der Waals surface area contributed by atoms with Gasteiger partial charge < -0.3 is 10.0 Å². The van der Waals surface area contributed by atoms with Crippen molar-refractivity contribution in [3.63, 3.8) is 0 Å². The molecule has 1 aromatic rings. The molecule has 5 heteroatoms. The summed E-state index contributed by atoms with van der Waals surface area (Å²) in [6, 6.07) is 2.83. The van der Waals surface area contributed by atoms with Crippen molar-refractivity contribution in [1.29, 1.82) is 0 Å². The van der Waals surface area contributed by atoms with Crippen molar-refractivity contribution in [3.05, 3.63) is 35.1 Å². The number of carboxylic acid groups (broad SMARTS) is 1. The van der Waals surface area contributed by atoms with Crippen LogP contribution in [0.25, 0.3) is 0 Å². The number of aryl methyl sites for hydroxylation is 1. The molecule has 0 heterocycles. The molecule has 1 atom stereocenters. The van der Waals surface area contributed by atoms with Gasteiger partial charge in [-0.15, -0.1) is 0 Å². The highest BCUT2D eigenvalue weighted by atomic mass is 19.1. The van der Waals surface area contributed by atoms with E-state index in [1.165, 1.54) is 30.0 Å². The highest BCUT2D eigenvalue weighted by Gasteiger charge is 2.30. The minimum absolute atomic E-state index is 0.316. The number of aliphatic carboxylic acids is 1. The Morgan fingerprint density at radius 2 is 2.05 bits per heavy atom. The first-order valence-electron chi connectivity index (χ1n) is 6.14. The highest BCUT2D eigenvalue weighted by Crippen LogP contribution is 2.25. The number of carbonyl (C=O) groups excluding carboxylic acids is 1. The maximum Gasteiger partial charge on any atom is 0.331 e. The fourth-order valence-corrected chi connectivity index (χ4v) is 2.05. The van der Waals surface area contributed by atoms with Crippen molar-refractivity contribution >= 4 is 11.9 Å². The lowest BCUT2D eigenvalue weighted by Crippen LogP contribution is -2.38. The molecule has 0 radical (unpaired) electrons. The van der Waals surface area contributed by atoms with Crippen molar-refractivity contribution < 1.29 is 19.1 Å². The molecule has 0 fully saturated rings. The Morgan fingerprint density at radius 1 is 1.42 bits per heavy atom. The molecule has 0 aliphatic heterocycles. The number of carboxylic acids is 1. The van der Waals surface area contributed by atoms with Gasteiger partial charge in [-0.2, -0.15) is 0 Å². The number of hydrogen-bond acceptors (Lipinski definition) is 2. The predicted octanol–water partition coefficient (Wildman–Crippen LogP) is 2.52. The Labute approximate surface area is 111 Å². The van der Waals surface area contributed by atoms with Crippen LogP contribution in [0.2, 0.25) is 0 Å². The van der Waals surface area contributed by atoms with E-state index < -0.39 is 17.8 Å². The maximum absolute atomic E-state index is 13.3. The van der Waals surface area contributed by atoms with Crippen LogP contribution >= 0.6 is 0 Å². The first-order chi connectivity index (χ1) is 8.88. The van der Waals surface area contributed by atoms with Crippen molar-refractivity contribution in [2.75, 3.05) is 6.54 Å². The van der Waals surface area contributed by atoms with E-state index in [9.17, 15) is 19.1 Å². The third-order valence-electron chi connectivity index (χ3n) is 2.95. The quantitative estimate of drug-likeness (QED) is 0.891. The van der Waals surface area contributed by atoms with Crippen LogP contribution in [0, 0.1) is 12.7 Å². The summed E-state index contributed by atoms with van der Waals surface area (Å²) >= 11 is 0. The zero-order valence-electron chi connectivity index (χ0n) is 11.3. The van der Waals surface area contributed by atoms with Gasteiger partial charge in [0.2, 0.25) is 5.91 Å². The monoisotopic (exact) mass is 267 g/mol. The van der Waals surface area contributed by atoms with E-state index in [1.54, 1.807) is 6.92 Å². The molecular weight excluding hydrogens is 249 g/mol. The number of nitrogens with zero attached hydrogens (tertiary/aromatic N) is 1. The van der Waals surface area contributed by atoms with Crippen LogP contribution in [0.15, 0.2) is 18.2 Å². The first-order valence-corrected chi connectivity index (χ1v) is 6.14. The number of rotatable bonds is 5. The summed E-state index contributed by atoms with van der Waals surface area (Å²) in [4.78, 5) is 24.3. The van der Waals surface area contributed by atoms with E-state index in [0.29, 0.717) is 24.1 Å². The average Bonchev–Trinajstić information content (AvgIpc) is 2.32. The van der Waals surface area contributed by atoms with E-state index in [-0.39, 0.29) is 5.91 Å². The summed E-state index contributed by atoms with van der Waals surface area (Å²) in [5, 5.41) is 9.37. The molecule has 0 saturated carbocycles. The molecule has 1 unspecified atom stereocenters. The first kappa shape index (κ1) is 15.1. The summed E-state index contributed by atoms with van der Waals surface area (Å²) in [6.07, 6.45) is 0.637. The van der Waals surface area contributed by atoms with Crippen LogP contribution in [-0.4, -0.2) is 28.4 Å². The topological polar surface area (TPSA) is 57.6 Å². The number of benzene rings is 1. The molecule has 0 aliphatic carbocycles. The van der Waals surface area contributed by atoms with Gasteiger partial charge >= 0.3 is 5.97 Å². The molecule has 104 valence electrons. The molecular formula is C14H18FNO3. The number of halogens is 1. The standard InChI is InChI=1S/C14H18FNO3/c1-4-7-16(10(3)17)13(14(18)19)12-8-11(15)6-5-9(12)2/h5-6,8,13H,4,7H2,1-3H3,(H,18,19). The minimum atomic E-state index is -1.16. The van der Waals surface area contributed by atoms with Gasteiger partial charge in [0.25, 0.3) is 0 Å². The predicted molar refractivity (Wildman–Crippen MR) is 69.2 cm³/mol. The lowest BCUT2D eigenvalue weighted by Gasteiger charge is -2.29. The van der Waals surface area contributed by atoms with E-state index in [0.717, 1.165) is 0 Å². The van der Waals surface area contributed by atoms with Crippen LogP contribution in [0.1, 0.15) is 37.4 Å². The maximum atomic E-state index is 13.3. The Morgan fingerprint density at radius 3 is 2.53 bits per heavy atom. The zero-order valence-corrected chi connectivity index (χ0v) is 11.3. The molecule has 4 nitrogen and oxygen atoms in total. The number of hydrogen-bond donors (Lipinski definition) is 1. The second kappa shape index (κ2) is 6.31. The highest BCUT2D eigenvalue weighted by molar-refractivity contribution is 5.83. The van der Waals surface area contributed by atoms with Crippen LogP contribution < -0.4 is 0 Å². The number of amides is 1. The van der Waals surface area contributed by atoms with E-state index >= 15 is 0 Å². The lowest BCUT2D eigenvalue weighted by molar-refractivity contribution is -0.149. The fourth-order valence-electron chi connectivity index (χ4n) is 2.05. The van der Waals surface area contributed by atoms with Gasteiger partial charge in [0.1, 0.15) is 5.82 Å². The fraction of sp³-hybridized carbons (Fsp3) is 0.429. The van der Waals surface area contributed by atoms with Gasteiger partial charge in [-0.05, 0) is 36.6 Å². The van der Waals surface area contributed by atoms with E-state index in [4.69, 9.17) is 0 Å². The van der Waals surface area contributed by atoms with Crippen LogP contribution in [-0.2, 0) is 9.59 Å². The van der Waals surface area contributed by atoms with Gasteiger partial charge in [-0.25, -0.2) is 9.18 Å². The van der Waals surface area contributed by atoms with Crippen LogP contribution in [0.4, 0.5) is 4.39 Å². The molecule has 1 rings (SSSR count). The molecule has 0 saturated heterocycles. The van der Waals surface area contributed by atoms with Crippen LogP contribution in [0.5, 0.6) is 0 Å². The second-order valence-corrected chi connectivity index (χ2v) is 4.45. The van der Waals surface area contributed by atoms with Gasteiger partial charge in [0, 0.05) is 13.5 Å². The van der Waals surface area contributed by atoms with Gasteiger partial charge in [0.15, 0.2) is 6.04 Å². The summed E-state index contributed by atoms with van der Waals surface area (Å²) < 4.78 is 13.3. The third kappa shape index (κ3) is 3.53. The Kier molecular flexibility index (Phi) is 5.03. The molecule has 1 amide bonds. The van der Waals surface area contributed by atoms with E-state index in [1.807, 2.05) is 6.92 Å². The number of carbonyl (C=O) groups is 2. The molecule has 0 bridgehead atoms. The van der Waals surface area contributed by atoms with Gasteiger partial charge in [-0.3, -0.25) is 4.79 Å². The van der Waals surface area contributed by atoms with Gasteiger partial charge in [-0.1, -0.05) is 13.0 Å². The molecule has 0 spiro atoms. The van der Waals surface area contributed by atoms with Crippen molar-refractivity contribution in [2.24, 2.45) is 0 Å². The molecule has 1 N–H and O–H groups in total. The Hall–Kier alpha value is -1.91. The molecule has 0 aliphatic rings. The van der Waals surface area contributed by atoms with Crippen molar-refractivity contribution in [3.8, 4) is 0 Å². The molecule has 1 aromatic carbocycles. The molecule has 0 aromatic heterocycles. The minimum Gasteiger partial charge on any atom is -0.479 e. The smallest absolute Gasteiger partial charge is 0.331 e. The third-order valence-corrected chi connectivity index (χ3v) is 2.95. The van der Waals surface area contributed by atoms with Crippen LogP contribution in [0.3, 0.4) is 0 Å². The van der Waals surface area contributed by atoms with Crippen molar-refractivity contribution in [2.45, 2.75) is 33.2 Å². The largest absolute Gasteiger partial charge is 0.479 e. The Balaban J connectivity index is 3.29. The summed E-state index contributed by atoms with van der Waals surface area (Å²) in [6.45, 7) is 5.20. The summed E-state index contributed by atoms with van der Waals surface area (Å²) in [5.74, 6) is -2.00. The zero-order chi connectivity index (χ0) is 14.6. The summed E-state index contributed by atoms with van der Waals surface area (Å²) in [7, 11) is 0. The Bertz CT molecular complexity index is 488. The molecule has 19 heavy (non-hydrogen) atoms. The van der Waals surface area contributed by atoms with Gasteiger partial charge in [0.05, 0.1) is 0 Å². The summed E-state index contributed by atoms with van der Waals surface area (Å²) in [5.41, 5.74) is 0.965. The SMILES string of the molecule is CCCN(C(C)=O)C(C(=O)O)c1cc(F)ccc1C.